The minimum atomic E-state index is -0.382. The summed E-state index contributed by atoms with van der Waals surface area (Å²) < 4.78 is 0. The van der Waals surface area contributed by atoms with Crippen LogP contribution < -0.4 is 10.6 Å². The molecule has 0 bridgehead atoms. The average molecular weight is 310 g/mol. The molecule has 0 saturated carbocycles. The Morgan fingerprint density at radius 3 is 2.57 bits per heavy atom. The van der Waals surface area contributed by atoms with E-state index < -0.39 is 0 Å². The summed E-state index contributed by atoms with van der Waals surface area (Å²) in [7, 11) is 0. The monoisotopic (exact) mass is 309 g/mol. The summed E-state index contributed by atoms with van der Waals surface area (Å²) in [6.45, 7) is 7.17. The van der Waals surface area contributed by atoms with Gasteiger partial charge >= 0.3 is 0 Å². The normalized spacial score (nSPS) is 18.5. The molecule has 1 aliphatic rings. The highest BCUT2D eigenvalue weighted by Crippen LogP contribution is 2.21. The predicted molar refractivity (Wildman–Crippen MR) is 87.7 cm³/mol. The van der Waals surface area contributed by atoms with Crippen LogP contribution in [0.2, 0.25) is 5.02 Å². The van der Waals surface area contributed by atoms with Crippen LogP contribution >= 0.6 is 11.6 Å². The van der Waals surface area contributed by atoms with Crippen LogP contribution in [0.3, 0.4) is 0 Å². The van der Waals surface area contributed by atoms with E-state index in [1.807, 2.05) is 36.1 Å². The number of amides is 1. The predicted octanol–water partition coefficient (Wildman–Crippen LogP) is 2.36. The van der Waals surface area contributed by atoms with Gasteiger partial charge in [-0.2, -0.15) is 0 Å². The molecule has 0 radical (unpaired) electrons. The standard InChI is InChI=1S/C16H24ClN3O/c1-3-12(2)15(18)16(21)20-9-7-19(8-10-20)14-6-4-5-13(17)11-14/h4-6,11-12,15H,3,7-10,18H2,1-2H3. The molecule has 1 aromatic rings. The Bertz CT molecular complexity index is 486. The van der Waals surface area contributed by atoms with Crippen molar-refractivity contribution in [3.63, 3.8) is 0 Å². The van der Waals surface area contributed by atoms with Gasteiger partial charge in [-0.05, 0) is 24.1 Å². The second-order valence-electron chi connectivity index (χ2n) is 5.70. The highest BCUT2D eigenvalue weighted by molar-refractivity contribution is 6.30. The van der Waals surface area contributed by atoms with Crippen LogP contribution in [0.15, 0.2) is 24.3 Å². The molecule has 2 N–H and O–H groups in total. The van der Waals surface area contributed by atoms with Crippen LogP contribution in [0.5, 0.6) is 0 Å². The van der Waals surface area contributed by atoms with Crippen molar-refractivity contribution in [3.05, 3.63) is 29.3 Å². The quantitative estimate of drug-likeness (QED) is 0.929. The summed E-state index contributed by atoms with van der Waals surface area (Å²) in [6.07, 6.45) is 0.926. The van der Waals surface area contributed by atoms with Gasteiger partial charge in [0.05, 0.1) is 6.04 Å². The van der Waals surface area contributed by atoms with Crippen LogP contribution in [0, 0.1) is 5.92 Å². The third-order valence-electron chi connectivity index (χ3n) is 4.31. The Hall–Kier alpha value is -1.26. The molecule has 1 amide bonds. The fraction of sp³-hybridized carbons (Fsp3) is 0.562. The molecule has 0 aromatic heterocycles. The first kappa shape index (κ1) is 16.1. The molecule has 1 aromatic carbocycles. The SMILES string of the molecule is CCC(C)C(N)C(=O)N1CCN(c2cccc(Cl)c2)CC1. The van der Waals surface area contributed by atoms with E-state index in [2.05, 4.69) is 11.8 Å². The van der Waals surface area contributed by atoms with E-state index in [1.54, 1.807) is 0 Å². The summed E-state index contributed by atoms with van der Waals surface area (Å²) in [5, 5.41) is 0.741. The average Bonchev–Trinajstić information content (AvgIpc) is 2.53. The molecule has 2 unspecified atom stereocenters. The number of rotatable bonds is 4. The third-order valence-corrected chi connectivity index (χ3v) is 4.54. The van der Waals surface area contributed by atoms with Crippen LogP contribution in [0.4, 0.5) is 5.69 Å². The van der Waals surface area contributed by atoms with Crippen molar-refractivity contribution >= 4 is 23.2 Å². The number of hydrogen-bond donors (Lipinski definition) is 1. The van der Waals surface area contributed by atoms with Crippen molar-refractivity contribution in [2.75, 3.05) is 31.1 Å². The maximum absolute atomic E-state index is 12.4. The van der Waals surface area contributed by atoms with Crippen molar-refractivity contribution in [2.24, 2.45) is 11.7 Å². The Balaban J connectivity index is 1.92. The zero-order valence-electron chi connectivity index (χ0n) is 12.8. The first-order valence-electron chi connectivity index (χ1n) is 7.57. The Morgan fingerprint density at radius 1 is 1.33 bits per heavy atom. The fourth-order valence-corrected chi connectivity index (χ4v) is 2.75. The number of carbonyl (C=O) groups excluding carboxylic acids is 1. The molecule has 116 valence electrons. The Kier molecular flexibility index (Phi) is 5.48. The molecule has 5 heteroatoms. The number of nitrogens with zero attached hydrogens (tertiary/aromatic N) is 2. The zero-order valence-corrected chi connectivity index (χ0v) is 13.5. The fourth-order valence-electron chi connectivity index (χ4n) is 2.57. The summed E-state index contributed by atoms with van der Waals surface area (Å²) in [4.78, 5) is 16.5. The van der Waals surface area contributed by atoms with Gasteiger partial charge in [0.2, 0.25) is 5.91 Å². The van der Waals surface area contributed by atoms with Gasteiger partial charge in [0, 0.05) is 36.9 Å². The van der Waals surface area contributed by atoms with Crippen molar-refractivity contribution in [1.29, 1.82) is 0 Å². The van der Waals surface area contributed by atoms with Crippen molar-refractivity contribution in [1.82, 2.24) is 4.90 Å². The maximum Gasteiger partial charge on any atom is 0.239 e. The second-order valence-corrected chi connectivity index (χ2v) is 6.14. The summed E-state index contributed by atoms with van der Waals surface area (Å²) in [5.74, 6) is 0.304. The summed E-state index contributed by atoms with van der Waals surface area (Å²) in [5.41, 5.74) is 7.16. The molecule has 2 atom stereocenters. The first-order chi connectivity index (χ1) is 10.0. The van der Waals surface area contributed by atoms with E-state index in [4.69, 9.17) is 17.3 Å². The summed E-state index contributed by atoms with van der Waals surface area (Å²) in [6, 6.07) is 7.45. The number of hydrogen-bond acceptors (Lipinski definition) is 3. The minimum absolute atomic E-state index is 0.0788. The Morgan fingerprint density at radius 2 is 2.00 bits per heavy atom. The maximum atomic E-state index is 12.4. The van der Waals surface area contributed by atoms with Crippen LogP contribution in [0.1, 0.15) is 20.3 Å². The number of anilines is 1. The van der Waals surface area contributed by atoms with E-state index >= 15 is 0 Å². The van der Waals surface area contributed by atoms with Crippen molar-refractivity contribution in [2.45, 2.75) is 26.3 Å². The molecule has 0 aliphatic carbocycles. The van der Waals surface area contributed by atoms with Crippen LogP contribution in [-0.4, -0.2) is 43.0 Å². The molecule has 2 rings (SSSR count). The highest BCUT2D eigenvalue weighted by atomic mass is 35.5. The van der Waals surface area contributed by atoms with E-state index in [1.165, 1.54) is 0 Å². The van der Waals surface area contributed by atoms with Gasteiger partial charge in [0.25, 0.3) is 0 Å². The lowest BCUT2D eigenvalue weighted by atomic mass is 9.98. The van der Waals surface area contributed by atoms with Gasteiger partial charge in [-0.15, -0.1) is 0 Å². The van der Waals surface area contributed by atoms with E-state index in [9.17, 15) is 4.79 Å². The zero-order chi connectivity index (χ0) is 15.4. The van der Waals surface area contributed by atoms with Gasteiger partial charge in [0.1, 0.15) is 0 Å². The molecule has 1 aliphatic heterocycles. The van der Waals surface area contributed by atoms with E-state index in [-0.39, 0.29) is 17.9 Å². The number of halogens is 1. The molecule has 0 spiro atoms. The van der Waals surface area contributed by atoms with E-state index in [0.717, 1.165) is 43.3 Å². The Labute approximate surface area is 131 Å². The first-order valence-corrected chi connectivity index (χ1v) is 7.95. The van der Waals surface area contributed by atoms with Gasteiger partial charge in [-0.25, -0.2) is 0 Å². The van der Waals surface area contributed by atoms with Gasteiger partial charge < -0.3 is 15.5 Å². The van der Waals surface area contributed by atoms with Crippen molar-refractivity contribution < 1.29 is 4.79 Å². The molecule has 1 fully saturated rings. The molecule has 21 heavy (non-hydrogen) atoms. The lowest BCUT2D eigenvalue weighted by Gasteiger charge is -2.37. The molecular weight excluding hydrogens is 286 g/mol. The number of nitrogens with two attached hydrogens (primary N) is 1. The molecule has 1 heterocycles. The smallest absolute Gasteiger partial charge is 0.239 e. The van der Waals surface area contributed by atoms with Crippen molar-refractivity contribution in [3.8, 4) is 0 Å². The number of carbonyl (C=O) groups is 1. The summed E-state index contributed by atoms with van der Waals surface area (Å²) >= 11 is 6.03. The van der Waals surface area contributed by atoms with Crippen LogP contribution in [0.25, 0.3) is 0 Å². The van der Waals surface area contributed by atoms with Gasteiger partial charge in [-0.3, -0.25) is 4.79 Å². The molecule has 1 saturated heterocycles. The van der Waals surface area contributed by atoms with E-state index in [0.29, 0.717) is 0 Å². The highest BCUT2D eigenvalue weighted by Gasteiger charge is 2.27. The number of piperazine rings is 1. The number of benzene rings is 1. The van der Waals surface area contributed by atoms with Gasteiger partial charge in [-0.1, -0.05) is 37.9 Å². The lowest BCUT2D eigenvalue weighted by Crippen LogP contribution is -2.54. The van der Waals surface area contributed by atoms with Crippen LogP contribution in [-0.2, 0) is 4.79 Å². The van der Waals surface area contributed by atoms with Gasteiger partial charge in [0.15, 0.2) is 0 Å². The third kappa shape index (κ3) is 3.89. The topological polar surface area (TPSA) is 49.6 Å². The lowest BCUT2D eigenvalue weighted by molar-refractivity contribution is -0.134. The molecular formula is C16H24ClN3O. The largest absolute Gasteiger partial charge is 0.368 e. The molecule has 4 nitrogen and oxygen atoms in total. The second kappa shape index (κ2) is 7.14. The minimum Gasteiger partial charge on any atom is -0.368 e.